The van der Waals surface area contributed by atoms with E-state index in [0.717, 1.165) is 0 Å². The summed E-state index contributed by atoms with van der Waals surface area (Å²) in [5, 5.41) is 2.75. The minimum absolute atomic E-state index is 0. The topological polar surface area (TPSA) is 55.4 Å². The zero-order valence-electron chi connectivity index (χ0n) is 9.59. The molecule has 0 saturated carbocycles. The Kier molecular flexibility index (Phi) is 31.8. The summed E-state index contributed by atoms with van der Waals surface area (Å²) in [7, 11) is 5.04. The van der Waals surface area contributed by atoms with Gasteiger partial charge in [-0.2, -0.15) is 0 Å². The van der Waals surface area contributed by atoms with Gasteiger partial charge in [0.25, 0.3) is 5.97 Å². The number of Topliss-reactive ketones (excluding diaryl/α,β-unsaturated/α-hetero) is 1. The molecule has 1 radical (unpaired) electrons. The van der Waals surface area contributed by atoms with Crippen LogP contribution in [0.4, 0.5) is 0 Å². The molecule has 0 aromatic heterocycles. The maximum absolute atomic E-state index is 10.3. The van der Waals surface area contributed by atoms with E-state index < -0.39 is 0 Å². The van der Waals surface area contributed by atoms with Gasteiger partial charge < -0.3 is 28.7 Å². The molecule has 0 aromatic carbocycles. The first-order chi connectivity index (χ1) is 5.58. The van der Waals surface area contributed by atoms with E-state index in [0.29, 0.717) is 0 Å². The molecule has 4 nitrogen and oxygen atoms in total. The molecule has 0 spiro atoms. The summed E-state index contributed by atoms with van der Waals surface area (Å²) < 4.78 is 4.28. The van der Waals surface area contributed by atoms with Crippen molar-refractivity contribution in [3.63, 3.8) is 0 Å². The van der Waals surface area contributed by atoms with E-state index in [-0.39, 0.29) is 58.3 Å². The third-order valence-corrected chi connectivity index (χ3v) is 0.784. The van der Waals surface area contributed by atoms with Crippen LogP contribution in [0.1, 0.15) is 13.3 Å². The second-order valence-corrected chi connectivity index (χ2v) is 2.10. The largest absolute Gasteiger partial charge is 0.471 e. The minimum atomic E-state index is -0.384. The van der Waals surface area contributed by atoms with Gasteiger partial charge in [0.1, 0.15) is 0 Å². The fourth-order valence-corrected chi connectivity index (χ4v) is 0.310. The summed E-state index contributed by atoms with van der Waals surface area (Å²) >= 11 is 0. The number of ether oxygens (including phenoxy) is 1. The summed E-state index contributed by atoms with van der Waals surface area (Å²) in [6.07, 6.45) is 1.36. The minimum Gasteiger partial charge on any atom is -0.471 e. The maximum atomic E-state index is 10.3. The van der Waals surface area contributed by atoms with E-state index in [2.05, 4.69) is 10.1 Å². The maximum Gasteiger partial charge on any atom is 0.278 e. The summed E-state index contributed by atoms with van der Waals surface area (Å²) in [5.41, 5.74) is 0. The van der Waals surface area contributed by atoms with Crippen LogP contribution in [0.5, 0.6) is 0 Å². The van der Waals surface area contributed by atoms with Gasteiger partial charge in [-0.1, -0.05) is 6.42 Å². The Balaban J connectivity index is -0.0000000891. The number of nitrogens with one attached hydrogen (secondary N) is 1. The number of hydrogen-bond donors (Lipinski definition) is 1. The second kappa shape index (κ2) is 18.8. The Morgan fingerprint density at radius 1 is 1.36 bits per heavy atom. The Labute approximate surface area is 112 Å². The summed E-state index contributed by atoms with van der Waals surface area (Å²) in [6.45, 7) is 1.39. The van der Waals surface area contributed by atoms with E-state index in [4.69, 9.17) is 0 Å². The van der Waals surface area contributed by atoms with E-state index in [1.54, 1.807) is 0 Å². The molecule has 0 aromatic rings. The molecule has 5 heteroatoms. The van der Waals surface area contributed by atoms with Crippen molar-refractivity contribution < 1.29 is 47.0 Å². The van der Waals surface area contributed by atoms with Gasteiger partial charge in [-0.3, -0.25) is 4.79 Å². The molecule has 0 atom stereocenters. The summed E-state index contributed by atoms with van der Waals surface area (Å²) in [5.74, 6) is -0.495. The van der Waals surface area contributed by atoms with Crippen molar-refractivity contribution in [1.29, 1.82) is 0 Å². The predicted molar refractivity (Wildman–Crippen MR) is 53.0 cm³/mol. The zero-order valence-corrected chi connectivity index (χ0v) is 12.4. The molecule has 83 valence electrons. The van der Waals surface area contributed by atoms with Gasteiger partial charge in [-0.15, -0.1) is 0 Å². The molecule has 0 rings (SSSR count). The average Bonchev–Trinajstić information content (AvgIpc) is 2.01. The smallest absolute Gasteiger partial charge is 0.278 e. The van der Waals surface area contributed by atoms with Crippen LogP contribution in [0, 0.1) is 13.8 Å². The first-order valence-corrected chi connectivity index (χ1v) is 3.57. The first-order valence-electron chi connectivity index (χ1n) is 3.57. The number of methoxy groups -OCH3 is 1. The summed E-state index contributed by atoms with van der Waals surface area (Å²) in [4.78, 5) is 20.5. The van der Waals surface area contributed by atoms with Crippen LogP contribution in [-0.2, 0) is 47.0 Å². The van der Waals surface area contributed by atoms with E-state index in [9.17, 15) is 9.59 Å². The van der Waals surface area contributed by atoms with Gasteiger partial charge in [0.15, 0.2) is 0 Å². The average molecular weight is 278 g/mol. The summed E-state index contributed by atoms with van der Waals surface area (Å²) in [6, 6.07) is 0. The Morgan fingerprint density at radius 3 is 1.93 bits per heavy atom. The number of rotatable bonds is 3. The third kappa shape index (κ3) is 29.6. The predicted octanol–water partition coefficient (Wildman–Crippen LogP) is 0.626. The quantitative estimate of drug-likeness (QED) is 0.607. The molecule has 0 fully saturated rings. The molecule has 0 unspecified atom stereocenters. The van der Waals surface area contributed by atoms with Crippen molar-refractivity contribution in [2.75, 3.05) is 21.2 Å². The van der Waals surface area contributed by atoms with Crippen molar-refractivity contribution in [2.45, 2.75) is 13.3 Å². The number of hydrogen-bond acceptors (Lipinski definition) is 4. The zero-order chi connectivity index (χ0) is 9.98. The Hall–Kier alpha value is 0.0739. The third-order valence-electron chi connectivity index (χ3n) is 0.784. The van der Waals surface area contributed by atoms with Crippen molar-refractivity contribution in [3.8, 4) is 0 Å². The molecule has 0 aliphatic heterocycles. The van der Waals surface area contributed by atoms with Crippen molar-refractivity contribution in [1.82, 2.24) is 5.32 Å². The fourth-order valence-electron chi connectivity index (χ4n) is 0.310. The van der Waals surface area contributed by atoms with Crippen LogP contribution >= 0.6 is 0 Å². The van der Waals surface area contributed by atoms with Crippen LogP contribution in [0.25, 0.3) is 0 Å². The molecule has 0 amide bonds. The monoisotopic (exact) mass is 278 g/mol. The molecule has 0 saturated heterocycles. The molecule has 0 bridgehead atoms. The molecule has 0 aliphatic rings. The number of carbonyl (C=O) groups excluding carboxylic acids is 2. The molecule has 0 heterocycles. The first kappa shape index (κ1) is 23.7. The van der Waals surface area contributed by atoms with Gasteiger partial charge in [-0.25, -0.2) is 0 Å². The molecular formula is C9H19NO3Y-2. The van der Waals surface area contributed by atoms with E-state index in [1.165, 1.54) is 20.5 Å². The SMILES string of the molecule is CNC.COC(=O)C[CH-]C(C)=O.[CH3-].[Y]. The molecule has 14 heavy (non-hydrogen) atoms. The van der Waals surface area contributed by atoms with E-state index >= 15 is 0 Å². The van der Waals surface area contributed by atoms with Gasteiger partial charge in [0, 0.05) is 32.7 Å². The van der Waals surface area contributed by atoms with Crippen LogP contribution < -0.4 is 5.32 Å². The van der Waals surface area contributed by atoms with Crippen LogP contribution in [0.15, 0.2) is 0 Å². The van der Waals surface area contributed by atoms with Crippen molar-refractivity contribution >= 4 is 11.8 Å². The Morgan fingerprint density at radius 2 is 1.71 bits per heavy atom. The van der Waals surface area contributed by atoms with Crippen molar-refractivity contribution in [3.05, 3.63) is 13.8 Å². The molecule has 1 N–H and O–H groups in total. The van der Waals surface area contributed by atoms with Gasteiger partial charge in [0.05, 0.1) is 7.11 Å². The number of esters is 1. The van der Waals surface area contributed by atoms with Gasteiger partial charge in [-0.05, 0) is 26.8 Å². The number of ketones is 1. The van der Waals surface area contributed by atoms with Gasteiger partial charge in [0.2, 0.25) is 0 Å². The molecular weight excluding hydrogens is 259 g/mol. The van der Waals surface area contributed by atoms with Crippen LogP contribution in [0.3, 0.4) is 0 Å². The van der Waals surface area contributed by atoms with E-state index in [1.807, 2.05) is 14.1 Å². The fraction of sp³-hybridized carbons (Fsp3) is 0.556. The second-order valence-electron chi connectivity index (χ2n) is 2.10. The Bertz CT molecular complexity index is 140. The number of carbonyl (C=O) groups is 2. The molecule has 0 aliphatic carbocycles. The normalized spacial score (nSPS) is 6.57. The van der Waals surface area contributed by atoms with Gasteiger partial charge >= 0.3 is 0 Å². The van der Waals surface area contributed by atoms with Crippen LogP contribution in [-0.4, -0.2) is 33.0 Å². The standard InChI is InChI=1S/C6H9O3.C2H7N.CH3.Y/c1-5(7)3-4-6(8)9-2;1-3-2;;/h3H,4H2,1-2H3;3H,1-2H3;1H3;/q-1;;-1;. The van der Waals surface area contributed by atoms with Crippen LogP contribution in [0.2, 0.25) is 0 Å². The van der Waals surface area contributed by atoms with Crippen molar-refractivity contribution in [2.24, 2.45) is 0 Å².